The van der Waals surface area contributed by atoms with Crippen LogP contribution in [0.1, 0.15) is 38.7 Å². The summed E-state index contributed by atoms with van der Waals surface area (Å²) in [5.41, 5.74) is 0.491. The highest BCUT2D eigenvalue weighted by molar-refractivity contribution is 6.30. The predicted octanol–water partition coefficient (Wildman–Crippen LogP) is 3.43. The summed E-state index contributed by atoms with van der Waals surface area (Å²) in [6.07, 6.45) is -0.281. The number of carbonyl (C=O) groups excluding carboxylic acids is 1. The maximum atomic E-state index is 12.0. The lowest BCUT2D eigenvalue weighted by Gasteiger charge is -2.36. The normalized spacial score (nSPS) is 23.0. The van der Waals surface area contributed by atoms with Crippen LogP contribution in [0.4, 0.5) is 4.79 Å². The molecule has 1 heterocycles. The van der Waals surface area contributed by atoms with Crippen molar-refractivity contribution in [3.63, 3.8) is 0 Å². The number of aliphatic hydroxyl groups is 1. The van der Waals surface area contributed by atoms with Crippen molar-refractivity contribution in [1.82, 2.24) is 4.90 Å². The number of halogens is 1. The summed E-state index contributed by atoms with van der Waals surface area (Å²) in [6.45, 7) is 6.36. The highest BCUT2D eigenvalue weighted by Gasteiger charge is 2.33. The first-order valence-electron chi connectivity index (χ1n) is 7.18. The minimum absolute atomic E-state index is 0.00221. The monoisotopic (exact) mass is 311 g/mol. The average molecular weight is 312 g/mol. The van der Waals surface area contributed by atoms with E-state index >= 15 is 0 Å². The molecular weight excluding hydrogens is 290 g/mol. The van der Waals surface area contributed by atoms with Gasteiger partial charge in [-0.15, -0.1) is 0 Å². The van der Waals surface area contributed by atoms with Crippen LogP contribution in [0.5, 0.6) is 0 Å². The summed E-state index contributed by atoms with van der Waals surface area (Å²) >= 11 is 6.00. The van der Waals surface area contributed by atoms with Crippen molar-refractivity contribution in [2.24, 2.45) is 0 Å². The number of hydrogen-bond donors (Lipinski definition) is 1. The minimum atomic E-state index is -0.607. The molecular formula is C16H22ClNO3. The van der Waals surface area contributed by atoms with E-state index in [1.165, 1.54) is 0 Å². The van der Waals surface area contributed by atoms with Gasteiger partial charge in [0.25, 0.3) is 0 Å². The second kappa shape index (κ2) is 6.24. The Morgan fingerprint density at radius 1 is 1.43 bits per heavy atom. The van der Waals surface area contributed by atoms with Gasteiger partial charge in [0, 0.05) is 17.5 Å². The maximum absolute atomic E-state index is 12.0. The number of benzene rings is 1. The first-order chi connectivity index (χ1) is 9.76. The Morgan fingerprint density at radius 3 is 2.71 bits per heavy atom. The number of hydrogen-bond acceptors (Lipinski definition) is 3. The number of carbonyl (C=O) groups is 1. The molecule has 1 fully saturated rings. The largest absolute Gasteiger partial charge is 0.444 e. The van der Waals surface area contributed by atoms with E-state index in [2.05, 4.69) is 0 Å². The first kappa shape index (κ1) is 16.1. The van der Waals surface area contributed by atoms with Crippen LogP contribution in [0.2, 0.25) is 5.02 Å². The van der Waals surface area contributed by atoms with E-state index in [1.54, 1.807) is 4.90 Å². The van der Waals surface area contributed by atoms with E-state index in [4.69, 9.17) is 16.3 Å². The second-order valence-electron chi connectivity index (χ2n) is 6.44. The van der Waals surface area contributed by atoms with Crippen molar-refractivity contribution in [3.05, 3.63) is 34.9 Å². The molecule has 0 spiro atoms. The Balaban J connectivity index is 2.01. The van der Waals surface area contributed by atoms with Crippen molar-refractivity contribution >= 4 is 17.7 Å². The van der Waals surface area contributed by atoms with Gasteiger partial charge < -0.3 is 14.7 Å². The van der Waals surface area contributed by atoms with Crippen LogP contribution < -0.4 is 0 Å². The summed E-state index contributed by atoms with van der Waals surface area (Å²) in [5.74, 6) is 0.00221. The standard InChI is InChI=1S/C16H22ClNO3/c1-16(2,3)21-15(20)18-8-7-13(14(19)10-18)11-5-4-6-12(17)9-11/h4-6,9,13-14,19H,7-8,10H2,1-3H3/t13-,14+/m1/s1. The molecule has 116 valence electrons. The molecule has 1 saturated heterocycles. The number of ether oxygens (including phenoxy) is 1. The van der Waals surface area contributed by atoms with Crippen molar-refractivity contribution < 1.29 is 14.6 Å². The summed E-state index contributed by atoms with van der Waals surface area (Å²) in [4.78, 5) is 13.6. The third-order valence-electron chi connectivity index (χ3n) is 3.51. The van der Waals surface area contributed by atoms with E-state index in [0.717, 1.165) is 5.56 Å². The van der Waals surface area contributed by atoms with Gasteiger partial charge >= 0.3 is 6.09 Å². The molecule has 1 aromatic carbocycles. The zero-order chi connectivity index (χ0) is 15.6. The molecule has 1 aliphatic heterocycles. The molecule has 0 bridgehead atoms. The van der Waals surface area contributed by atoms with Crippen molar-refractivity contribution in [2.45, 2.75) is 44.8 Å². The van der Waals surface area contributed by atoms with Crippen LogP contribution in [-0.2, 0) is 4.74 Å². The Morgan fingerprint density at radius 2 is 2.14 bits per heavy atom. The Kier molecular flexibility index (Phi) is 4.79. The van der Waals surface area contributed by atoms with Gasteiger partial charge in [0.05, 0.1) is 12.6 Å². The van der Waals surface area contributed by atoms with Crippen LogP contribution in [-0.4, -0.2) is 40.9 Å². The predicted molar refractivity (Wildman–Crippen MR) is 82.6 cm³/mol. The zero-order valence-corrected chi connectivity index (χ0v) is 13.4. The highest BCUT2D eigenvalue weighted by atomic mass is 35.5. The van der Waals surface area contributed by atoms with Crippen LogP contribution in [0, 0.1) is 0 Å². The zero-order valence-electron chi connectivity index (χ0n) is 12.7. The average Bonchev–Trinajstić information content (AvgIpc) is 2.36. The summed E-state index contributed by atoms with van der Waals surface area (Å²) in [7, 11) is 0. The van der Waals surface area contributed by atoms with Crippen LogP contribution in [0.25, 0.3) is 0 Å². The molecule has 0 unspecified atom stereocenters. The van der Waals surface area contributed by atoms with E-state index in [9.17, 15) is 9.90 Å². The van der Waals surface area contributed by atoms with Crippen molar-refractivity contribution in [2.75, 3.05) is 13.1 Å². The van der Waals surface area contributed by atoms with Crippen LogP contribution >= 0.6 is 11.6 Å². The first-order valence-corrected chi connectivity index (χ1v) is 7.55. The molecule has 0 aliphatic carbocycles. The molecule has 2 atom stereocenters. The Labute approximate surface area is 130 Å². The maximum Gasteiger partial charge on any atom is 0.410 e. The van der Waals surface area contributed by atoms with Gasteiger partial charge in [0.2, 0.25) is 0 Å². The van der Waals surface area contributed by atoms with Gasteiger partial charge in [-0.25, -0.2) is 4.79 Å². The van der Waals surface area contributed by atoms with E-state index in [-0.39, 0.29) is 18.6 Å². The number of piperidine rings is 1. The summed E-state index contributed by atoms with van der Waals surface area (Å²) < 4.78 is 5.34. The summed E-state index contributed by atoms with van der Waals surface area (Å²) in [6, 6.07) is 7.53. The van der Waals surface area contributed by atoms with Crippen molar-refractivity contribution in [3.8, 4) is 0 Å². The van der Waals surface area contributed by atoms with E-state index in [0.29, 0.717) is 18.0 Å². The minimum Gasteiger partial charge on any atom is -0.444 e. The van der Waals surface area contributed by atoms with Gasteiger partial charge in [-0.1, -0.05) is 23.7 Å². The molecule has 1 aliphatic rings. The van der Waals surface area contributed by atoms with Gasteiger partial charge in [-0.05, 0) is 44.9 Å². The van der Waals surface area contributed by atoms with E-state index in [1.807, 2.05) is 45.0 Å². The number of β-amino-alcohol motifs (C(OH)–C–C–N with tert-alkyl or cyclic N) is 1. The molecule has 1 amide bonds. The number of nitrogens with zero attached hydrogens (tertiary/aromatic N) is 1. The molecule has 0 aromatic heterocycles. The van der Waals surface area contributed by atoms with Gasteiger partial charge in [-0.2, -0.15) is 0 Å². The van der Waals surface area contributed by atoms with E-state index < -0.39 is 11.7 Å². The third-order valence-corrected chi connectivity index (χ3v) is 3.75. The number of likely N-dealkylation sites (tertiary alicyclic amines) is 1. The fourth-order valence-electron chi connectivity index (χ4n) is 2.55. The Hall–Kier alpha value is -1.26. The lowest BCUT2D eigenvalue weighted by molar-refractivity contribution is -0.00151. The Bertz CT molecular complexity index is 512. The number of amides is 1. The SMILES string of the molecule is CC(C)(C)OC(=O)N1CC[C@H](c2cccc(Cl)c2)[C@@H](O)C1. The molecule has 1 N–H and O–H groups in total. The lowest BCUT2D eigenvalue weighted by atomic mass is 9.87. The molecule has 4 nitrogen and oxygen atoms in total. The molecule has 0 radical (unpaired) electrons. The second-order valence-corrected chi connectivity index (χ2v) is 6.88. The van der Waals surface area contributed by atoms with Gasteiger partial charge in [0.15, 0.2) is 0 Å². The molecule has 2 rings (SSSR count). The van der Waals surface area contributed by atoms with Gasteiger partial charge in [-0.3, -0.25) is 0 Å². The van der Waals surface area contributed by atoms with Crippen molar-refractivity contribution in [1.29, 1.82) is 0 Å². The third kappa shape index (κ3) is 4.35. The van der Waals surface area contributed by atoms with Crippen LogP contribution in [0.15, 0.2) is 24.3 Å². The number of rotatable bonds is 1. The molecule has 0 saturated carbocycles. The van der Waals surface area contributed by atoms with Crippen LogP contribution in [0.3, 0.4) is 0 Å². The highest BCUT2D eigenvalue weighted by Crippen LogP contribution is 2.30. The lowest BCUT2D eigenvalue weighted by Crippen LogP contribution is -2.47. The quantitative estimate of drug-likeness (QED) is 0.864. The fourth-order valence-corrected chi connectivity index (χ4v) is 2.75. The molecule has 5 heteroatoms. The number of aliphatic hydroxyl groups excluding tert-OH is 1. The molecule has 1 aromatic rings. The topological polar surface area (TPSA) is 49.8 Å². The summed E-state index contributed by atoms with van der Waals surface area (Å²) in [5, 5.41) is 11.0. The molecule has 21 heavy (non-hydrogen) atoms. The smallest absolute Gasteiger partial charge is 0.410 e. The van der Waals surface area contributed by atoms with Gasteiger partial charge in [0.1, 0.15) is 5.60 Å². The fraction of sp³-hybridized carbons (Fsp3) is 0.562.